The first-order valence-electron chi connectivity index (χ1n) is 8.19. The molecule has 3 aromatic rings. The number of anilines is 2. The number of rotatable bonds is 4. The minimum Gasteiger partial charge on any atom is -0.336 e. The lowest BCUT2D eigenvalue weighted by atomic mass is 10.2. The monoisotopic (exact) mass is 364 g/mol. The lowest BCUT2D eigenvalue weighted by Crippen LogP contribution is -2.27. The third-order valence-corrected chi connectivity index (χ3v) is 4.99. The second-order valence-corrected chi connectivity index (χ2v) is 6.84. The number of urea groups is 1. The van der Waals surface area contributed by atoms with E-state index >= 15 is 0 Å². The van der Waals surface area contributed by atoms with Crippen LogP contribution in [-0.4, -0.2) is 30.0 Å². The van der Waals surface area contributed by atoms with Gasteiger partial charge in [-0.3, -0.25) is 9.69 Å². The van der Waals surface area contributed by atoms with Crippen molar-refractivity contribution in [2.24, 2.45) is 0 Å². The van der Waals surface area contributed by atoms with Crippen molar-refractivity contribution >= 4 is 50.9 Å². The molecule has 3 amide bonds. The minimum absolute atomic E-state index is 0.0967. The fraction of sp³-hybridized carbons (Fsp3) is 0.105. The van der Waals surface area contributed by atoms with E-state index in [4.69, 9.17) is 0 Å². The number of nitrogens with zero attached hydrogens (tertiary/aromatic N) is 2. The van der Waals surface area contributed by atoms with Crippen LogP contribution in [0, 0.1) is 0 Å². The number of hydrogen-bond donors (Lipinski definition) is 2. The lowest BCUT2D eigenvalue weighted by molar-refractivity contribution is -0.111. The summed E-state index contributed by atoms with van der Waals surface area (Å²) in [6, 6.07) is 15.0. The number of fused-ring (bicyclic) bond motifs is 1. The van der Waals surface area contributed by atoms with Crippen molar-refractivity contribution in [3.05, 3.63) is 59.6 Å². The van der Waals surface area contributed by atoms with Crippen molar-refractivity contribution in [1.29, 1.82) is 0 Å². The largest absolute Gasteiger partial charge is 0.336 e. The van der Waals surface area contributed by atoms with Crippen LogP contribution in [0.25, 0.3) is 16.3 Å². The van der Waals surface area contributed by atoms with Crippen molar-refractivity contribution in [3.8, 4) is 0 Å². The maximum absolute atomic E-state index is 12.1. The summed E-state index contributed by atoms with van der Waals surface area (Å²) in [5.41, 5.74) is 2.41. The summed E-state index contributed by atoms with van der Waals surface area (Å²) in [6.07, 6.45) is 3.18. The summed E-state index contributed by atoms with van der Waals surface area (Å²) in [5.74, 6) is -0.226. The van der Waals surface area contributed by atoms with E-state index in [9.17, 15) is 9.59 Å². The number of carbonyl (C=O) groups is 2. The van der Waals surface area contributed by atoms with Crippen molar-refractivity contribution < 1.29 is 9.59 Å². The highest BCUT2D eigenvalue weighted by Crippen LogP contribution is 2.23. The number of amides is 3. The van der Waals surface area contributed by atoms with Gasteiger partial charge in [0.2, 0.25) is 5.91 Å². The molecule has 0 aliphatic carbocycles. The van der Waals surface area contributed by atoms with Gasteiger partial charge in [0.05, 0.1) is 10.2 Å². The van der Waals surface area contributed by atoms with Crippen LogP contribution in [0.15, 0.2) is 54.6 Å². The summed E-state index contributed by atoms with van der Waals surface area (Å²) in [6.45, 7) is 1.29. The van der Waals surface area contributed by atoms with Crippen LogP contribution in [0.2, 0.25) is 0 Å². The molecular weight excluding hydrogens is 348 g/mol. The van der Waals surface area contributed by atoms with Gasteiger partial charge in [-0.15, -0.1) is 11.3 Å². The Morgan fingerprint density at radius 1 is 1.19 bits per heavy atom. The maximum Gasteiger partial charge on any atom is 0.321 e. The Balaban J connectivity index is 1.40. The van der Waals surface area contributed by atoms with Gasteiger partial charge >= 0.3 is 6.03 Å². The van der Waals surface area contributed by atoms with Gasteiger partial charge < -0.3 is 10.6 Å². The predicted molar refractivity (Wildman–Crippen MR) is 104 cm³/mol. The van der Waals surface area contributed by atoms with Crippen LogP contribution in [0.4, 0.5) is 16.2 Å². The molecule has 4 rings (SSSR count). The molecule has 2 aromatic carbocycles. The zero-order valence-corrected chi connectivity index (χ0v) is 14.6. The highest BCUT2D eigenvalue weighted by molar-refractivity contribution is 7.19. The van der Waals surface area contributed by atoms with E-state index in [0.717, 1.165) is 20.9 Å². The van der Waals surface area contributed by atoms with Crippen molar-refractivity contribution in [2.75, 3.05) is 23.3 Å². The number of aromatic nitrogens is 1. The summed E-state index contributed by atoms with van der Waals surface area (Å²) in [4.78, 5) is 29.9. The molecule has 130 valence electrons. The van der Waals surface area contributed by atoms with Crippen LogP contribution in [0.3, 0.4) is 0 Å². The molecule has 6 nitrogen and oxygen atoms in total. The Kier molecular flexibility index (Phi) is 4.37. The van der Waals surface area contributed by atoms with E-state index in [1.807, 2.05) is 36.4 Å². The Hall–Kier alpha value is -3.19. The predicted octanol–water partition coefficient (Wildman–Crippen LogP) is 3.48. The molecular formula is C19H16N4O2S. The molecule has 1 aromatic heterocycles. The molecule has 26 heavy (non-hydrogen) atoms. The third-order valence-electron chi connectivity index (χ3n) is 3.99. The molecule has 0 spiro atoms. The van der Waals surface area contributed by atoms with Gasteiger partial charge in [0.15, 0.2) is 0 Å². The normalized spacial score (nSPS) is 14.2. The fourth-order valence-electron chi connectivity index (χ4n) is 2.73. The van der Waals surface area contributed by atoms with Crippen LogP contribution >= 0.6 is 11.3 Å². The maximum atomic E-state index is 12.1. The highest BCUT2D eigenvalue weighted by Gasteiger charge is 2.20. The van der Waals surface area contributed by atoms with E-state index in [1.54, 1.807) is 34.4 Å². The molecule has 0 radical (unpaired) electrons. The lowest BCUT2D eigenvalue weighted by Gasteiger charge is -2.14. The van der Waals surface area contributed by atoms with Gasteiger partial charge in [-0.2, -0.15) is 0 Å². The summed E-state index contributed by atoms with van der Waals surface area (Å²) < 4.78 is 1.09. The summed E-state index contributed by atoms with van der Waals surface area (Å²) in [5, 5.41) is 6.36. The number of nitrogens with one attached hydrogen (secondary N) is 2. The van der Waals surface area contributed by atoms with E-state index in [2.05, 4.69) is 15.6 Å². The topological polar surface area (TPSA) is 74.3 Å². The van der Waals surface area contributed by atoms with E-state index in [1.165, 1.54) is 6.08 Å². The minimum atomic E-state index is -0.226. The van der Waals surface area contributed by atoms with Gasteiger partial charge in [0.1, 0.15) is 5.01 Å². The summed E-state index contributed by atoms with van der Waals surface area (Å²) in [7, 11) is 0. The third kappa shape index (κ3) is 3.43. The standard InChI is InChI=1S/C19H16N4O2S/c24-17(9-10-18-22-15-3-1-2-4-16(15)26-18)21-13-5-7-14(8-6-13)23-12-11-20-19(23)25/h1-10H,11-12H2,(H,20,25)(H,21,24)/b10-9+. The SMILES string of the molecule is O=C(/C=C/c1nc2ccccc2s1)Nc1ccc(N2CCNC2=O)cc1. The molecule has 0 bridgehead atoms. The first kappa shape index (κ1) is 16.3. The average molecular weight is 364 g/mol. The first-order valence-corrected chi connectivity index (χ1v) is 9.01. The van der Waals surface area contributed by atoms with Crippen LogP contribution in [0.1, 0.15) is 5.01 Å². The van der Waals surface area contributed by atoms with E-state index in [0.29, 0.717) is 18.8 Å². The molecule has 0 saturated carbocycles. The number of carbonyl (C=O) groups excluding carboxylic acids is 2. The second kappa shape index (κ2) is 6.97. The molecule has 0 unspecified atom stereocenters. The summed E-state index contributed by atoms with van der Waals surface area (Å²) >= 11 is 1.54. The zero-order valence-electron chi connectivity index (χ0n) is 13.8. The average Bonchev–Trinajstić information content (AvgIpc) is 3.26. The van der Waals surface area contributed by atoms with Gasteiger partial charge in [0, 0.05) is 30.5 Å². The number of para-hydroxylation sites is 1. The highest BCUT2D eigenvalue weighted by atomic mass is 32.1. The number of thiazole rings is 1. The van der Waals surface area contributed by atoms with Gasteiger partial charge in [0.25, 0.3) is 0 Å². The van der Waals surface area contributed by atoms with Gasteiger partial charge in [-0.1, -0.05) is 12.1 Å². The molecule has 1 aliphatic heterocycles. The van der Waals surface area contributed by atoms with Crippen LogP contribution < -0.4 is 15.5 Å². The van der Waals surface area contributed by atoms with Crippen molar-refractivity contribution in [2.45, 2.75) is 0 Å². The van der Waals surface area contributed by atoms with Crippen LogP contribution in [0.5, 0.6) is 0 Å². The second-order valence-electron chi connectivity index (χ2n) is 5.77. The van der Waals surface area contributed by atoms with Gasteiger partial charge in [-0.25, -0.2) is 9.78 Å². The Bertz CT molecular complexity index is 961. The molecule has 2 N–H and O–H groups in total. The quantitative estimate of drug-likeness (QED) is 0.696. The first-order chi connectivity index (χ1) is 12.7. The Morgan fingerprint density at radius 3 is 2.73 bits per heavy atom. The molecule has 1 saturated heterocycles. The molecule has 7 heteroatoms. The molecule has 2 heterocycles. The smallest absolute Gasteiger partial charge is 0.321 e. The number of hydrogen-bond acceptors (Lipinski definition) is 4. The van der Waals surface area contributed by atoms with Crippen molar-refractivity contribution in [1.82, 2.24) is 10.3 Å². The molecule has 1 fully saturated rings. The number of benzene rings is 2. The molecule has 1 aliphatic rings. The van der Waals surface area contributed by atoms with Crippen molar-refractivity contribution in [3.63, 3.8) is 0 Å². The van der Waals surface area contributed by atoms with Crippen LogP contribution in [-0.2, 0) is 4.79 Å². The molecule has 0 atom stereocenters. The van der Waals surface area contributed by atoms with E-state index in [-0.39, 0.29) is 11.9 Å². The Labute approximate surface area is 154 Å². The zero-order chi connectivity index (χ0) is 17.9. The fourth-order valence-corrected chi connectivity index (χ4v) is 3.61. The van der Waals surface area contributed by atoms with E-state index < -0.39 is 0 Å². The Morgan fingerprint density at radius 2 is 2.00 bits per heavy atom. The van der Waals surface area contributed by atoms with Gasteiger partial charge in [-0.05, 0) is 42.5 Å².